The number of nitrogens with zero attached hydrogens (tertiary/aromatic N) is 2. The highest BCUT2D eigenvalue weighted by Gasteiger charge is 2.29. The molecule has 0 atom stereocenters. The summed E-state index contributed by atoms with van der Waals surface area (Å²) in [5.41, 5.74) is 2.29. The molecule has 8 nitrogen and oxygen atoms in total. The number of carbonyl (C=O) groups is 1. The molecule has 1 aliphatic heterocycles. The summed E-state index contributed by atoms with van der Waals surface area (Å²) >= 11 is 0. The molecule has 0 unspecified atom stereocenters. The summed E-state index contributed by atoms with van der Waals surface area (Å²) < 4.78 is 26.6. The molecule has 0 saturated carbocycles. The molecule has 1 aliphatic rings. The van der Waals surface area contributed by atoms with Crippen LogP contribution in [0.15, 0.2) is 58.5 Å². The van der Waals surface area contributed by atoms with E-state index in [4.69, 9.17) is 0 Å². The van der Waals surface area contributed by atoms with Crippen LogP contribution in [0.1, 0.15) is 31.2 Å². The van der Waals surface area contributed by atoms with E-state index in [9.17, 15) is 13.2 Å². The van der Waals surface area contributed by atoms with Crippen molar-refractivity contribution < 1.29 is 13.2 Å². The molecule has 0 bridgehead atoms. The van der Waals surface area contributed by atoms with E-state index in [1.807, 2.05) is 18.2 Å². The first-order valence-electron chi connectivity index (χ1n) is 9.42. The van der Waals surface area contributed by atoms with Crippen LogP contribution in [0, 0.1) is 0 Å². The number of aromatic amines is 1. The molecule has 3 aromatic rings. The van der Waals surface area contributed by atoms with Crippen molar-refractivity contribution >= 4 is 38.4 Å². The number of amidine groups is 1. The number of H-pyrrole nitrogens is 1. The van der Waals surface area contributed by atoms with E-state index < -0.39 is 10.0 Å². The number of benzene rings is 2. The number of hydrogen-bond donors (Lipinski definition) is 3. The Morgan fingerprint density at radius 1 is 1.10 bits per heavy atom. The predicted molar refractivity (Wildman–Crippen MR) is 111 cm³/mol. The number of amides is 1. The second kappa shape index (κ2) is 8.04. The zero-order valence-corrected chi connectivity index (χ0v) is 16.5. The normalized spacial score (nSPS) is 15.9. The van der Waals surface area contributed by atoms with E-state index in [0.29, 0.717) is 24.4 Å². The first-order valence-corrected chi connectivity index (χ1v) is 10.9. The third kappa shape index (κ3) is 4.29. The summed E-state index contributed by atoms with van der Waals surface area (Å²) in [4.78, 5) is 16.8. The van der Waals surface area contributed by atoms with Gasteiger partial charge in [-0.05, 0) is 43.2 Å². The first-order chi connectivity index (χ1) is 14.0. The Morgan fingerprint density at radius 3 is 2.86 bits per heavy atom. The highest BCUT2D eigenvalue weighted by atomic mass is 32.2. The third-order valence-corrected chi connectivity index (χ3v) is 6.12. The fourth-order valence-electron chi connectivity index (χ4n) is 3.26. The van der Waals surface area contributed by atoms with Gasteiger partial charge in [0.15, 0.2) is 0 Å². The van der Waals surface area contributed by atoms with E-state index in [2.05, 4.69) is 25.2 Å². The lowest BCUT2D eigenvalue weighted by atomic mass is 10.1. The van der Waals surface area contributed by atoms with Gasteiger partial charge in [-0.15, -0.1) is 0 Å². The number of unbranched alkanes of at least 4 members (excludes halogenated alkanes) is 2. The van der Waals surface area contributed by atoms with Gasteiger partial charge < -0.3 is 5.32 Å². The maximum Gasteiger partial charge on any atom is 0.263 e. The van der Waals surface area contributed by atoms with E-state index in [1.54, 1.807) is 30.5 Å². The van der Waals surface area contributed by atoms with Crippen molar-refractivity contribution in [1.82, 2.24) is 14.9 Å². The minimum absolute atomic E-state index is 0.0309. The number of aromatic nitrogens is 2. The summed E-state index contributed by atoms with van der Waals surface area (Å²) in [5, 5.41) is 10.7. The number of sulfonamides is 1. The fraction of sp³-hybridized carbons (Fsp3) is 0.250. The van der Waals surface area contributed by atoms with Gasteiger partial charge in [0, 0.05) is 29.6 Å². The molecule has 0 radical (unpaired) electrons. The van der Waals surface area contributed by atoms with Crippen LogP contribution in [0.3, 0.4) is 0 Å². The van der Waals surface area contributed by atoms with Gasteiger partial charge in [-0.25, -0.2) is 8.42 Å². The molecule has 3 N–H and O–H groups in total. The quantitative estimate of drug-likeness (QED) is 0.518. The van der Waals surface area contributed by atoms with Crippen LogP contribution in [0.25, 0.3) is 10.9 Å². The van der Waals surface area contributed by atoms with Gasteiger partial charge in [0.1, 0.15) is 5.84 Å². The molecule has 0 saturated heterocycles. The lowest BCUT2D eigenvalue weighted by molar-refractivity contribution is -0.116. The van der Waals surface area contributed by atoms with Crippen molar-refractivity contribution in [2.45, 2.75) is 30.6 Å². The van der Waals surface area contributed by atoms with Crippen LogP contribution < -0.4 is 10.0 Å². The van der Waals surface area contributed by atoms with Crippen LogP contribution in [0.4, 0.5) is 5.69 Å². The molecule has 0 spiro atoms. The second-order valence-corrected chi connectivity index (χ2v) is 8.51. The van der Waals surface area contributed by atoms with Gasteiger partial charge in [0.05, 0.1) is 16.6 Å². The number of carbonyl (C=O) groups excluding carboxylic acids is 1. The van der Waals surface area contributed by atoms with Crippen LogP contribution in [-0.2, 0) is 14.8 Å². The highest BCUT2D eigenvalue weighted by Crippen LogP contribution is 2.22. The van der Waals surface area contributed by atoms with Crippen molar-refractivity contribution in [3.63, 3.8) is 0 Å². The summed E-state index contributed by atoms with van der Waals surface area (Å²) in [6.45, 7) is 0.505. The van der Waals surface area contributed by atoms with Crippen LogP contribution in [0.5, 0.6) is 0 Å². The smallest absolute Gasteiger partial charge is 0.263 e. The van der Waals surface area contributed by atoms with Crippen molar-refractivity contribution in [2.75, 3.05) is 11.9 Å². The van der Waals surface area contributed by atoms with Gasteiger partial charge >= 0.3 is 0 Å². The van der Waals surface area contributed by atoms with Crippen molar-refractivity contribution in [3.05, 3.63) is 54.2 Å². The molecule has 150 valence electrons. The van der Waals surface area contributed by atoms with E-state index in [1.165, 1.54) is 0 Å². The molecule has 4 rings (SSSR count). The predicted octanol–water partition coefficient (Wildman–Crippen LogP) is 2.80. The Hall–Kier alpha value is -3.20. The Labute approximate surface area is 168 Å². The van der Waals surface area contributed by atoms with Crippen molar-refractivity contribution in [2.24, 2.45) is 4.99 Å². The number of rotatable bonds is 7. The summed E-state index contributed by atoms with van der Waals surface area (Å²) in [6.07, 6.45) is 4.50. The minimum atomic E-state index is -3.49. The van der Waals surface area contributed by atoms with Gasteiger partial charge in [-0.2, -0.15) is 5.10 Å². The molecule has 2 heterocycles. The standard InChI is InChI=1S/C20H21N5O3S/c26-19(23-15-9-10-17-14(12-15)13-22-24-17)8-2-1-5-11-21-20-16-6-3-4-7-18(16)29(27,28)25-20/h3-4,6-7,9-10,12-13H,1-2,5,8,11H2,(H,21,25)(H,22,24)(H,23,26). The zero-order valence-electron chi connectivity index (χ0n) is 15.7. The van der Waals surface area contributed by atoms with Gasteiger partial charge in [0.25, 0.3) is 10.0 Å². The van der Waals surface area contributed by atoms with Gasteiger partial charge in [-0.3, -0.25) is 19.6 Å². The molecule has 29 heavy (non-hydrogen) atoms. The number of anilines is 1. The molecular formula is C20H21N5O3S. The second-order valence-electron chi connectivity index (χ2n) is 6.86. The number of aliphatic imine (C=N–C) groups is 1. The number of nitrogens with one attached hydrogen (secondary N) is 3. The average molecular weight is 411 g/mol. The van der Waals surface area contributed by atoms with Crippen LogP contribution in [-0.4, -0.2) is 36.9 Å². The Kier molecular flexibility index (Phi) is 5.30. The van der Waals surface area contributed by atoms with Crippen LogP contribution >= 0.6 is 0 Å². The maximum absolute atomic E-state index is 12.1. The summed E-state index contributed by atoms with van der Waals surface area (Å²) in [5.74, 6) is 0.365. The zero-order chi connectivity index (χ0) is 20.3. The Bertz CT molecular complexity index is 1180. The van der Waals surface area contributed by atoms with Crippen molar-refractivity contribution in [3.8, 4) is 0 Å². The summed E-state index contributed by atoms with van der Waals surface area (Å²) in [6, 6.07) is 12.4. The maximum atomic E-state index is 12.1. The molecule has 2 aromatic carbocycles. The minimum Gasteiger partial charge on any atom is -0.326 e. The Balaban J connectivity index is 1.21. The lowest BCUT2D eigenvalue weighted by Crippen LogP contribution is -2.22. The van der Waals surface area contributed by atoms with Gasteiger partial charge in [-0.1, -0.05) is 18.6 Å². The monoisotopic (exact) mass is 411 g/mol. The SMILES string of the molecule is O=C(CCCCCN=C1NS(=O)(=O)c2ccccc21)Nc1ccc2[nH]ncc2c1. The van der Waals surface area contributed by atoms with E-state index >= 15 is 0 Å². The molecule has 9 heteroatoms. The highest BCUT2D eigenvalue weighted by molar-refractivity contribution is 7.90. The van der Waals surface area contributed by atoms with E-state index in [-0.39, 0.29) is 10.8 Å². The molecule has 0 aliphatic carbocycles. The average Bonchev–Trinajstić information content (AvgIpc) is 3.27. The molecular weight excluding hydrogens is 390 g/mol. The molecule has 0 fully saturated rings. The largest absolute Gasteiger partial charge is 0.326 e. The fourth-order valence-corrected chi connectivity index (χ4v) is 4.51. The van der Waals surface area contributed by atoms with Crippen LogP contribution in [0.2, 0.25) is 0 Å². The topological polar surface area (TPSA) is 116 Å². The summed E-state index contributed by atoms with van der Waals surface area (Å²) in [7, 11) is -3.49. The number of fused-ring (bicyclic) bond motifs is 2. The number of hydrogen-bond acceptors (Lipinski definition) is 5. The third-order valence-electron chi connectivity index (χ3n) is 4.72. The van der Waals surface area contributed by atoms with Crippen molar-refractivity contribution in [1.29, 1.82) is 0 Å². The lowest BCUT2D eigenvalue weighted by Gasteiger charge is -2.05. The molecule has 1 aromatic heterocycles. The molecule has 1 amide bonds. The Morgan fingerprint density at radius 2 is 1.97 bits per heavy atom. The van der Waals surface area contributed by atoms with E-state index in [0.717, 1.165) is 35.9 Å². The first kappa shape index (κ1) is 19.1. The van der Waals surface area contributed by atoms with Gasteiger partial charge in [0.2, 0.25) is 5.91 Å².